The summed E-state index contributed by atoms with van der Waals surface area (Å²) in [7, 11) is 0. The van der Waals surface area contributed by atoms with Gasteiger partial charge in [-0.15, -0.1) is 0 Å². The van der Waals surface area contributed by atoms with E-state index in [-0.39, 0.29) is 0 Å². The van der Waals surface area contributed by atoms with Crippen LogP contribution in [0.4, 0.5) is 0 Å². The molecule has 0 amide bonds. The van der Waals surface area contributed by atoms with Crippen molar-refractivity contribution >= 4 is 0 Å². The lowest BCUT2D eigenvalue weighted by molar-refractivity contribution is 0.830. The van der Waals surface area contributed by atoms with Crippen molar-refractivity contribution in [3.8, 4) is 0 Å². The van der Waals surface area contributed by atoms with Gasteiger partial charge in [-0.05, 0) is 26.3 Å². The van der Waals surface area contributed by atoms with Crippen molar-refractivity contribution in [3.05, 3.63) is 24.3 Å². The molecule has 0 aliphatic carbocycles. The first kappa shape index (κ1) is 8.44. The zero-order chi connectivity index (χ0) is 7.28. The Morgan fingerprint density at radius 1 is 1.44 bits per heavy atom. The number of allylic oxidation sites excluding steroid dienone is 2. The van der Waals surface area contributed by atoms with Gasteiger partial charge in [0.1, 0.15) is 0 Å². The van der Waals surface area contributed by atoms with E-state index in [9.17, 15) is 0 Å². The molecule has 0 saturated heterocycles. The molecule has 9 heavy (non-hydrogen) atoms. The number of hydrogen-bond acceptors (Lipinski definition) is 1. The van der Waals surface area contributed by atoms with Crippen molar-refractivity contribution in [2.75, 3.05) is 6.54 Å². The van der Waals surface area contributed by atoms with E-state index >= 15 is 0 Å². The van der Waals surface area contributed by atoms with Crippen LogP contribution in [0.5, 0.6) is 0 Å². The highest BCUT2D eigenvalue weighted by Crippen LogP contribution is 2.09. The standard InChI is InChI=1S/C8H15N/c1-7(2)8(3)5-4-6-9/h1,3-6,9H2,2H3. The van der Waals surface area contributed by atoms with Crippen molar-refractivity contribution in [2.45, 2.75) is 19.8 Å². The molecule has 1 nitrogen and oxygen atoms in total. The van der Waals surface area contributed by atoms with Gasteiger partial charge in [0.2, 0.25) is 0 Å². The molecule has 0 heterocycles. The summed E-state index contributed by atoms with van der Waals surface area (Å²) in [5, 5.41) is 0. The average Bonchev–Trinajstić information content (AvgIpc) is 1.82. The summed E-state index contributed by atoms with van der Waals surface area (Å²) in [5.41, 5.74) is 7.50. The third-order valence-electron chi connectivity index (χ3n) is 1.29. The maximum absolute atomic E-state index is 5.31. The van der Waals surface area contributed by atoms with Gasteiger partial charge in [0.05, 0.1) is 0 Å². The molecule has 0 bridgehead atoms. The predicted molar refractivity (Wildman–Crippen MR) is 42.2 cm³/mol. The van der Waals surface area contributed by atoms with Crippen molar-refractivity contribution in [1.29, 1.82) is 0 Å². The van der Waals surface area contributed by atoms with E-state index in [4.69, 9.17) is 5.73 Å². The minimum Gasteiger partial charge on any atom is -0.330 e. The molecule has 0 atom stereocenters. The van der Waals surface area contributed by atoms with Crippen LogP contribution in [0.3, 0.4) is 0 Å². The normalized spacial score (nSPS) is 9.11. The predicted octanol–water partition coefficient (Wildman–Crippen LogP) is 1.86. The van der Waals surface area contributed by atoms with Crippen molar-refractivity contribution < 1.29 is 0 Å². The third-order valence-corrected chi connectivity index (χ3v) is 1.29. The van der Waals surface area contributed by atoms with Gasteiger partial charge >= 0.3 is 0 Å². The molecule has 0 aliphatic heterocycles. The highest BCUT2D eigenvalue weighted by molar-refractivity contribution is 5.22. The quantitative estimate of drug-likeness (QED) is 0.570. The third kappa shape index (κ3) is 3.98. The fraction of sp³-hybridized carbons (Fsp3) is 0.500. The topological polar surface area (TPSA) is 26.0 Å². The van der Waals surface area contributed by atoms with Crippen molar-refractivity contribution in [1.82, 2.24) is 0 Å². The summed E-state index contributed by atoms with van der Waals surface area (Å²) in [6.45, 7) is 10.3. The Bertz CT molecular complexity index is 114. The van der Waals surface area contributed by atoms with Gasteiger partial charge in [0.25, 0.3) is 0 Å². The lowest BCUT2D eigenvalue weighted by Gasteiger charge is -2.01. The second-order valence-corrected chi connectivity index (χ2v) is 2.28. The molecule has 0 unspecified atom stereocenters. The molecule has 2 N–H and O–H groups in total. The van der Waals surface area contributed by atoms with Crippen LogP contribution in [0.2, 0.25) is 0 Å². The molecule has 0 aromatic rings. The van der Waals surface area contributed by atoms with Crippen LogP contribution >= 0.6 is 0 Å². The van der Waals surface area contributed by atoms with E-state index in [0.29, 0.717) is 0 Å². The molecule has 0 saturated carbocycles. The lowest BCUT2D eigenvalue weighted by Crippen LogP contribution is -1.98. The summed E-state index contributed by atoms with van der Waals surface area (Å²) in [4.78, 5) is 0. The van der Waals surface area contributed by atoms with Crippen LogP contribution in [0, 0.1) is 0 Å². The molecule has 0 spiro atoms. The Balaban J connectivity index is 3.39. The fourth-order valence-electron chi connectivity index (χ4n) is 0.529. The molecular formula is C8H15N. The second kappa shape index (κ2) is 4.33. The maximum atomic E-state index is 5.31. The molecule has 0 radical (unpaired) electrons. The van der Waals surface area contributed by atoms with Gasteiger partial charge in [-0.3, -0.25) is 0 Å². The van der Waals surface area contributed by atoms with Gasteiger partial charge in [0.15, 0.2) is 0 Å². The summed E-state index contributed by atoms with van der Waals surface area (Å²) in [6.07, 6.45) is 2.01. The average molecular weight is 125 g/mol. The SMILES string of the molecule is C=C(C)C(=C)CCCN. The fourth-order valence-corrected chi connectivity index (χ4v) is 0.529. The lowest BCUT2D eigenvalue weighted by atomic mass is 10.1. The Labute approximate surface area is 57.3 Å². The highest BCUT2D eigenvalue weighted by Gasteiger charge is 1.91. The first-order valence-corrected chi connectivity index (χ1v) is 3.22. The van der Waals surface area contributed by atoms with E-state index in [1.807, 2.05) is 6.92 Å². The molecule has 52 valence electrons. The van der Waals surface area contributed by atoms with Crippen LogP contribution < -0.4 is 5.73 Å². The summed E-state index contributed by atoms with van der Waals surface area (Å²) < 4.78 is 0. The minimum absolute atomic E-state index is 0.742. The van der Waals surface area contributed by atoms with E-state index in [0.717, 1.165) is 30.5 Å². The van der Waals surface area contributed by atoms with Crippen LogP contribution in [0.1, 0.15) is 19.8 Å². The minimum atomic E-state index is 0.742. The van der Waals surface area contributed by atoms with Crippen LogP contribution in [-0.4, -0.2) is 6.54 Å². The van der Waals surface area contributed by atoms with Gasteiger partial charge in [0, 0.05) is 0 Å². The number of rotatable bonds is 4. The van der Waals surface area contributed by atoms with Gasteiger partial charge in [-0.1, -0.05) is 24.3 Å². The monoisotopic (exact) mass is 125 g/mol. The van der Waals surface area contributed by atoms with Gasteiger partial charge in [-0.2, -0.15) is 0 Å². The summed E-state index contributed by atoms with van der Waals surface area (Å²) in [5.74, 6) is 0. The molecule has 0 aromatic heterocycles. The van der Waals surface area contributed by atoms with Crippen molar-refractivity contribution in [3.63, 3.8) is 0 Å². The number of nitrogens with two attached hydrogens (primary N) is 1. The Morgan fingerprint density at radius 2 is 2.00 bits per heavy atom. The summed E-state index contributed by atoms with van der Waals surface area (Å²) in [6, 6.07) is 0. The first-order valence-electron chi connectivity index (χ1n) is 3.22. The molecule has 0 aliphatic rings. The van der Waals surface area contributed by atoms with Gasteiger partial charge < -0.3 is 5.73 Å². The molecule has 0 fully saturated rings. The molecular weight excluding hydrogens is 110 g/mol. The highest BCUT2D eigenvalue weighted by atomic mass is 14.5. The second-order valence-electron chi connectivity index (χ2n) is 2.28. The van der Waals surface area contributed by atoms with Crippen LogP contribution in [0.15, 0.2) is 24.3 Å². The Kier molecular flexibility index (Phi) is 4.06. The Morgan fingerprint density at radius 3 is 2.33 bits per heavy atom. The largest absolute Gasteiger partial charge is 0.330 e. The maximum Gasteiger partial charge on any atom is -0.00741 e. The zero-order valence-electron chi connectivity index (χ0n) is 6.11. The van der Waals surface area contributed by atoms with E-state index in [1.165, 1.54) is 0 Å². The Hall–Kier alpha value is -0.560. The molecule has 0 rings (SSSR count). The van der Waals surface area contributed by atoms with Crippen LogP contribution in [0.25, 0.3) is 0 Å². The number of hydrogen-bond donors (Lipinski definition) is 1. The van der Waals surface area contributed by atoms with Gasteiger partial charge in [-0.25, -0.2) is 0 Å². The van der Waals surface area contributed by atoms with E-state index < -0.39 is 0 Å². The van der Waals surface area contributed by atoms with E-state index in [2.05, 4.69) is 13.2 Å². The summed E-state index contributed by atoms with van der Waals surface area (Å²) >= 11 is 0. The first-order chi connectivity index (χ1) is 4.18. The van der Waals surface area contributed by atoms with Crippen molar-refractivity contribution in [2.24, 2.45) is 5.73 Å². The smallest absolute Gasteiger partial charge is 0.00741 e. The molecule has 0 aromatic carbocycles. The molecule has 1 heteroatoms. The van der Waals surface area contributed by atoms with Crippen LogP contribution in [-0.2, 0) is 0 Å². The zero-order valence-corrected chi connectivity index (χ0v) is 6.11. The van der Waals surface area contributed by atoms with E-state index in [1.54, 1.807) is 0 Å².